The van der Waals surface area contributed by atoms with Crippen molar-refractivity contribution in [2.75, 3.05) is 13.2 Å². The highest BCUT2D eigenvalue weighted by Gasteiger charge is 2.25. The fourth-order valence-electron chi connectivity index (χ4n) is 3.83. The third-order valence-corrected chi connectivity index (χ3v) is 5.96. The van der Waals surface area contributed by atoms with E-state index in [2.05, 4.69) is 73.0 Å². The summed E-state index contributed by atoms with van der Waals surface area (Å²) in [7, 11) is 0. The van der Waals surface area contributed by atoms with Crippen LogP contribution in [-0.2, 0) is 14.3 Å². The predicted octanol–water partition coefficient (Wildman–Crippen LogP) is 7.76. The van der Waals surface area contributed by atoms with Crippen molar-refractivity contribution in [3.05, 3.63) is 90.6 Å². The SMILES string of the molecule is CCC=CCC=CCC=CCC=CCC=CCCCCOCC(=O)NC(CC(C)C)C(=O)Oc1ccccc1C(=O)O. The lowest BCUT2D eigenvalue weighted by molar-refractivity contribution is -0.140. The van der Waals surface area contributed by atoms with Gasteiger partial charge in [0.2, 0.25) is 5.91 Å². The summed E-state index contributed by atoms with van der Waals surface area (Å²) in [4.78, 5) is 36.5. The van der Waals surface area contributed by atoms with Gasteiger partial charge in [0.05, 0.1) is 0 Å². The summed E-state index contributed by atoms with van der Waals surface area (Å²) in [5.74, 6) is -2.27. The molecule has 1 unspecified atom stereocenters. The number of para-hydroxylation sites is 1. The molecule has 0 aliphatic rings. The lowest BCUT2D eigenvalue weighted by atomic mass is 10.0. The third-order valence-electron chi connectivity index (χ3n) is 5.96. The van der Waals surface area contributed by atoms with Gasteiger partial charge in [-0.3, -0.25) is 4.79 Å². The van der Waals surface area contributed by atoms with E-state index in [0.29, 0.717) is 13.0 Å². The zero-order valence-electron chi connectivity index (χ0n) is 25.5. The molecule has 42 heavy (non-hydrogen) atoms. The van der Waals surface area contributed by atoms with Gasteiger partial charge in [0.25, 0.3) is 0 Å². The number of nitrogens with one attached hydrogen (secondary N) is 1. The van der Waals surface area contributed by atoms with Gasteiger partial charge >= 0.3 is 11.9 Å². The quantitative estimate of drug-likeness (QED) is 0.0630. The number of aromatic carboxylic acids is 1. The second-order valence-electron chi connectivity index (χ2n) is 10.2. The summed E-state index contributed by atoms with van der Waals surface area (Å²) in [6, 6.07) is 5.00. The summed E-state index contributed by atoms with van der Waals surface area (Å²) in [6.45, 7) is 6.27. The first-order valence-corrected chi connectivity index (χ1v) is 15.0. The Labute approximate surface area is 252 Å². The van der Waals surface area contributed by atoms with E-state index in [1.54, 1.807) is 12.1 Å². The van der Waals surface area contributed by atoms with E-state index in [1.165, 1.54) is 12.1 Å². The second-order valence-corrected chi connectivity index (χ2v) is 10.2. The molecule has 0 fully saturated rings. The summed E-state index contributed by atoms with van der Waals surface area (Å²) in [5, 5.41) is 12.0. The summed E-state index contributed by atoms with van der Waals surface area (Å²) in [5.41, 5.74) is -0.117. The van der Waals surface area contributed by atoms with Crippen LogP contribution < -0.4 is 10.1 Å². The molecule has 0 spiro atoms. The van der Waals surface area contributed by atoms with Crippen LogP contribution >= 0.6 is 0 Å². The molecule has 1 rings (SSSR count). The van der Waals surface area contributed by atoms with Crippen LogP contribution in [0.1, 0.15) is 88.9 Å². The van der Waals surface area contributed by atoms with Gasteiger partial charge in [-0.2, -0.15) is 0 Å². The average molecular weight is 580 g/mol. The lowest BCUT2D eigenvalue weighted by Gasteiger charge is -2.19. The number of carboxylic acid groups (broad SMARTS) is 1. The van der Waals surface area contributed by atoms with Crippen LogP contribution in [-0.4, -0.2) is 42.2 Å². The molecule has 1 amide bonds. The molecule has 0 aliphatic heterocycles. The first-order chi connectivity index (χ1) is 20.3. The number of rotatable bonds is 22. The van der Waals surface area contributed by atoms with E-state index >= 15 is 0 Å². The van der Waals surface area contributed by atoms with Crippen molar-refractivity contribution >= 4 is 17.8 Å². The molecule has 7 heteroatoms. The summed E-state index contributed by atoms with van der Waals surface area (Å²) in [6.07, 6.45) is 29.8. The Hall–Kier alpha value is -3.71. The van der Waals surface area contributed by atoms with Crippen molar-refractivity contribution in [2.45, 2.75) is 84.6 Å². The molecule has 7 nitrogen and oxygen atoms in total. The largest absolute Gasteiger partial charge is 0.478 e. The van der Waals surface area contributed by atoms with E-state index in [9.17, 15) is 19.5 Å². The minimum absolute atomic E-state index is 0.0539. The van der Waals surface area contributed by atoms with Gasteiger partial charge in [-0.05, 0) is 75.8 Å². The molecular weight excluding hydrogens is 530 g/mol. The highest BCUT2D eigenvalue weighted by atomic mass is 16.5. The van der Waals surface area contributed by atoms with Crippen molar-refractivity contribution < 1.29 is 29.0 Å². The molecule has 0 heterocycles. The average Bonchev–Trinajstić information content (AvgIpc) is 2.95. The number of carbonyl (C=O) groups is 3. The molecule has 1 aromatic carbocycles. The second kappa shape index (κ2) is 23.9. The maximum absolute atomic E-state index is 12.7. The Bertz CT molecular complexity index is 1070. The number of esters is 1. The van der Waals surface area contributed by atoms with E-state index in [-0.39, 0.29) is 23.8 Å². The van der Waals surface area contributed by atoms with Crippen molar-refractivity contribution in [1.82, 2.24) is 5.32 Å². The van der Waals surface area contributed by atoms with Gasteiger partial charge in [-0.25, -0.2) is 9.59 Å². The highest BCUT2D eigenvalue weighted by molar-refractivity contribution is 5.93. The molecule has 0 saturated heterocycles. The Morgan fingerprint density at radius 3 is 1.98 bits per heavy atom. The van der Waals surface area contributed by atoms with E-state index in [0.717, 1.165) is 51.4 Å². The zero-order chi connectivity index (χ0) is 30.8. The van der Waals surface area contributed by atoms with Crippen LogP contribution in [0, 0.1) is 5.92 Å². The van der Waals surface area contributed by atoms with Crippen molar-refractivity contribution in [3.8, 4) is 5.75 Å². The van der Waals surface area contributed by atoms with Crippen molar-refractivity contribution in [1.29, 1.82) is 0 Å². The van der Waals surface area contributed by atoms with Crippen LogP contribution in [0.2, 0.25) is 0 Å². The molecule has 0 saturated carbocycles. The molecule has 230 valence electrons. The monoisotopic (exact) mass is 579 g/mol. The van der Waals surface area contributed by atoms with Crippen molar-refractivity contribution in [3.63, 3.8) is 0 Å². The Balaban J connectivity index is 2.21. The summed E-state index contributed by atoms with van der Waals surface area (Å²) >= 11 is 0. The zero-order valence-corrected chi connectivity index (χ0v) is 25.5. The van der Waals surface area contributed by atoms with Gasteiger partial charge < -0.3 is 19.9 Å². The van der Waals surface area contributed by atoms with Gasteiger partial charge in [-0.15, -0.1) is 0 Å². The van der Waals surface area contributed by atoms with E-state index in [4.69, 9.17) is 9.47 Å². The molecule has 0 aromatic heterocycles. The van der Waals surface area contributed by atoms with Crippen LogP contribution in [0.5, 0.6) is 5.75 Å². The van der Waals surface area contributed by atoms with Gasteiger partial charge in [0.1, 0.15) is 24.0 Å². The number of carbonyl (C=O) groups excluding carboxylic acids is 2. The Morgan fingerprint density at radius 1 is 0.833 bits per heavy atom. The maximum Gasteiger partial charge on any atom is 0.339 e. The fraction of sp³-hybridized carbons (Fsp3) is 0.457. The molecule has 1 aromatic rings. The number of amides is 1. The van der Waals surface area contributed by atoms with Crippen molar-refractivity contribution in [2.24, 2.45) is 5.92 Å². The Morgan fingerprint density at radius 2 is 1.40 bits per heavy atom. The number of carboxylic acids is 1. The number of benzene rings is 1. The number of ether oxygens (including phenoxy) is 2. The van der Waals surface area contributed by atoms with Crippen LogP contribution in [0.15, 0.2) is 85.0 Å². The van der Waals surface area contributed by atoms with E-state index in [1.807, 2.05) is 13.8 Å². The van der Waals surface area contributed by atoms with Gasteiger partial charge in [0, 0.05) is 6.61 Å². The number of hydrogen-bond acceptors (Lipinski definition) is 5. The molecular formula is C35H49NO6. The standard InChI is InChI=1S/C35H49NO6/c1-4-5-6-7-8-9-10-11-12-13-14-15-16-17-18-19-20-23-26-41-28-33(37)36-31(27-29(2)3)35(40)42-32-25-22-21-24-30(32)34(38)39/h5-6,8-9,11-12,14-15,17-18,21-22,24-25,29,31H,4,7,10,13,16,19-20,23,26-28H2,1-3H3,(H,36,37)(H,38,39). The fourth-order valence-corrected chi connectivity index (χ4v) is 3.83. The number of allylic oxidation sites excluding steroid dienone is 10. The third kappa shape index (κ3) is 18.6. The van der Waals surface area contributed by atoms with Crippen LogP contribution in [0.25, 0.3) is 0 Å². The lowest BCUT2D eigenvalue weighted by Crippen LogP contribution is -2.45. The summed E-state index contributed by atoms with van der Waals surface area (Å²) < 4.78 is 10.8. The number of hydrogen-bond donors (Lipinski definition) is 2. The number of unbranched alkanes of at least 4 members (excludes halogenated alkanes) is 2. The van der Waals surface area contributed by atoms with Crippen LogP contribution in [0.4, 0.5) is 0 Å². The topological polar surface area (TPSA) is 102 Å². The molecule has 0 aliphatic carbocycles. The normalized spacial score (nSPS) is 12.9. The minimum Gasteiger partial charge on any atom is -0.478 e. The van der Waals surface area contributed by atoms with Gasteiger partial charge in [-0.1, -0.05) is 93.7 Å². The smallest absolute Gasteiger partial charge is 0.339 e. The predicted molar refractivity (Wildman–Crippen MR) is 170 cm³/mol. The highest BCUT2D eigenvalue weighted by Crippen LogP contribution is 2.19. The minimum atomic E-state index is -1.20. The van der Waals surface area contributed by atoms with E-state index < -0.39 is 23.9 Å². The van der Waals surface area contributed by atoms with Crippen LogP contribution in [0.3, 0.4) is 0 Å². The molecule has 0 radical (unpaired) electrons. The molecule has 1 atom stereocenters. The van der Waals surface area contributed by atoms with Gasteiger partial charge in [0.15, 0.2) is 0 Å². The molecule has 0 bridgehead atoms. The Kier molecular flexibility index (Phi) is 20.7. The first kappa shape index (κ1) is 36.3. The maximum atomic E-state index is 12.7. The first-order valence-electron chi connectivity index (χ1n) is 15.0. The molecule has 2 N–H and O–H groups in total.